The van der Waals surface area contributed by atoms with Crippen LogP contribution in [0.5, 0.6) is 0 Å². The fourth-order valence-electron chi connectivity index (χ4n) is 2.35. The number of aromatic amines is 1. The largest absolute Gasteiger partial charge is 0.361 e. The van der Waals surface area contributed by atoms with Crippen LogP contribution in [0.15, 0.2) is 47.1 Å². The third-order valence-electron chi connectivity index (χ3n) is 3.27. The molecule has 112 valence electrons. The lowest BCUT2D eigenvalue weighted by atomic mass is 10.2. The number of H-pyrrole nitrogens is 1. The summed E-state index contributed by atoms with van der Waals surface area (Å²) in [5.41, 5.74) is 1.33. The number of halogens is 1. The lowest BCUT2D eigenvalue weighted by molar-refractivity contribution is 0.597. The van der Waals surface area contributed by atoms with Gasteiger partial charge in [0.2, 0.25) is 0 Å². The standard InChI is InChI=1S/C13H9ClN4O2S2/c14-11-12(18-6-7-21-13(18)16-11)22(19,20)17-10-3-1-2-9-8(10)4-5-15-9/h1-7,15,17H. The fraction of sp³-hybridized carbons (Fsp3) is 0. The number of hydrogen-bond acceptors (Lipinski definition) is 4. The van der Waals surface area contributed by atoms with Crippen LogP contribution >= 0.6 is 22.9 Å². The van der Waals surface area contributed by atoms with Crippen molar-refractivity contribution in [2.45, 2.75) is 5.03 Å². The summed E-state index contributed by atoms with van der Waals surface area (Å²) in [5, 5.41) is 2.44. The first-order chi connectivity index (χ1) is 10.6. The zero-order chi connectivity index (χ0) is 15.3. The highest BCUT2D eigenvalue weighted by molar-refractivity contribution is 7.92. The molecular formula is C13H9ClN4O2S2. The summed E-state index contributed by atoms with van der Waals surface area (Å²) in [6.45, 7) is 0. The molecule has 4 rings (SSSR count). The summed E-state index contributed by atoms with van der Waals surface area (Å²) < 4.78 is 29.4. The normalized spacial score (nSPS) is 12.2. The molecular weight excluding hydrogens is 344 g/mol. The summed E-state index contributed by atoms with van der Waals surface area (Å²) in [6.07, 6.45) is 3.38. The Bertz CT molecular complexity index is 1090. The van der Waals surface area contributed by atoms with Crippen molar-refractivity contribution < 1.29 is 8.42 Å². The minimum Gasteiger partial charge on any atom is -0.361 e. The Morgan fingerprint density at radius 1 is 1.32 bits per heavy atom. The predicted octanol–water partition coefficient (Wildman–Crippen LogP) is 3.33. The third-order valence-corrected chi connectivity index (χ3v) is 5.79. The van der Waals surface area contributed by atoms with Crippen molar-refractivity contribution in [1.82, 2.24) is 14.4 Å². The van der Waals surface area contributed by atoms with Crippen LogP contribution in [-0.2, 0) is 10.0 Å². The van der Waals surface area contributed by atoms with Crippen molar-refractivity contribution in [1.29, 1.82) is 0 Å². The van der Waals surface area contributed by atoms with Gasteiger partial charge in [-0.15, -0.1) is 11.3 Å². The first-order valence-corrected chi connectivity index (χ1v) is 9.00. The minimum atomic E-state index is -3.86. The number of nitrogens with one attached hydrogen (secondary N) is 2. The number of thiazole rings is 1. The molecule has 0 aliphatic rings. The average Bonchev–Trinajstić information content (AvgIpc) is 3.12. The molecule has 0 unspecified atom stereocenters. The molecule has 9 heteroatoms. The maximum atomic E-state index is 12.7. The number of aromatic nitrogens is 3. The number of sulfonamides is 1. The van der Waals surface area contributed by atoms with Gasteiger partial charge in [0.15, 0.2) is 15.1 Å². The Labute approximate surface area is 134 Å². The van der Waals surface area contributed by atoms with Crippen LogP contribution in [0.4, 0.5) is 5.69 Å². The third kappa shape index (κ3) is 1.99. The van der Waals surface area contributed by atoms with E-state index in [0.29, 0.717) is 10.6 Å². The molecule has 3 heterocycles. The fourth-order valence-corrected chi connectivity index (χ4v) is 4.88. The summed E-state index contributed by atoms with van der Waals surface area (Å²) in [4.78, 5) is 7.63. The van der Waals surface area contributed by atoms with Gasteiger partial charge in [-0.1, -0.05) is 17.7 Å². The predicted molar refractivity (Wildman–Crippen MR) is 87.2 cm³/mol. The molecule has 0 saturated carbocycles. The summed E-state index contributed by atoms with van der Waals surface area (Å²) in [6, 6.07) is 7.16. The van der Waals surface area contributed by atoms with Crippen LogP contribution in [0.25, 0.3) is 15.9 Å². The molecule has 0 aliphatic heterocycles. The highest BCUT2D eigenvalue weighted by Crippen LogP contribution is 2.29. The number of fused-ring (bicyclic) bond motifs is 2. The van der Waals surface area contributed by atoms with Gasteiger partial charge < -0.3 is 4.98 Å². The molecule has 0 fully saturated rings. The van der Waals surface area contributed by atoms with Crippen molar-refractivity contribution in [3.8, 4) is 0 Å². The lowest BCUT2D eigenvalue weighted by Gasteiger charge is -2.08. The van der Waals surface area contributed by atoms with E-state index in [9.17, 15) is 8.42 Å². The number of benzene rings is 1. The molecule has 0 bridgehead atoms. The smallest absolute Gasteiger partial charge is 0.281 e. The first-order valence-electron chi connectivity index (χ1n) is 6.26. The maximum absolute atomic E-state index is 12.7. The van der Waals surface area contributed by atoms with Crippen molar-refractivity contribution in [3.05, 3.63) is 47.2 Å². The Kier molecular flexibility index (Phi) is 2.93. The molecule has 22 heavy (non-hydrogen) atoms. The summed E-state index contributed by atoms with van der Waals surface area (Å²) in [7, 11) is -3.86. The zero-order valence-corrected chi connectivity index (χ0v) is 13.3. The highest BCUT2D eigenvalue weighted by Gasteiger charge is 2.25. The van der Waals surface area contributed by atoms with E-state index in [1.54, 1.807) is 29.9 Å². The molecule has 0 saturated heterocycles. The van der Waals surface area contributed by atoms with Crippen LogP contribution in [0.2, 0.25) is 5.15 Å². The van der Waals surface area contributed by atoms with E-state index in [2.05, 4.69) is 14.7 Å². The topological polar surface area (TPSA) is 79.3 Å². The zero-order valence-electron chi connectivity index (χ0n) is 10.9. The Balaban J connectivity index is 1.86. The quantitative estimate of drug-likeness (QED) is 0.593. The second kappa shape index (κ2) is 4.73. The van der Waals surface area contributed by atoms with Crippen LogP contribution in [0.3, 0.4) is 0 Å². The molecule has 1 aromatic carbocycles. The monoisotopic (exact) mass is 352 g/mol. The van der Waals surface area contributed by atoms with E-state index in [-0.39, 0.29) is 10.2 Å². The molecule has 3 aromatic heterocycles. The Morgan fingerprint density at radius 2 is 2.18 bits per heavy atom. The highest BCUT2D eigenvalue weighted by atomic mass is 35.5. The Hall–Kier alpha value is -2.03. The van der Waals surface area contributed by atoms with Crippen LogP contribution in [-0.4, -0.2) is 22.8 Å². The minimum absolute atomic E-state index is 0.0411. The van der Waals surface area contributed by atoms with Gasteiger partial charge in [-0.3, -0.25) is 9.12 Å². The van der Waals surface area contributed by atoms with Gasteiger partial charge in [0, 0.05) is 28.7 Å². The number of hydrogen-bond donors (Lipinski definition) is 2. The van der Waals surface area contributed by atoms with Crippen molar-refractivity contribution in [3.63, 3.8) is 0 Å². The molecule has 0 radical (unpaired) electrons. The van der Waals surface area contributed by atoms with Crippen molar-refractivity contribution >= 4 is 54.5 Å². The Morgan fingerprint density at radius 3 is 3.05 bits per heavy atom. The lowest BCUT2D eigenvalue weighted by Crippen LogP contribution is -2.15. The van der Waals surface area contributed by atoms with Gasteiger partial charge in [0.25, 0.3) is 10.0 Å². The van der Waals surface area contributed by atoms with Gasteiger partial charge in [-0.2, -0.15) is 8.42 Å². The average molecular weight is 353 g/mol. The number of imidazole rings is 1. The van der Waals surface area contributed by atoms with Gasteiger partial charge in [-0.05, 0) is 18.2 Å². The molecule has 6 nitrogen and oxygen atoms in total. The molecule has 2 N–H and O–H groups in total. The van der Waals surface area contributed by atoms with E-state index in [1.807, 2.05) is 12.1 Å². The number of rotatable bonds is 3. The van der Waals surface area contributed by atoms with E-state index in [0.717, 1.165) is 10.9 Å². The van der Waals surface area contributed by atoms with Gasteiger partial charge in [-0.25, -0.2) is 4.98 Å². The van der Waals surface area contributed by atoms with E-state index in [1.165, 1.54) is 15.7 Å². The molecule has 0 spiro atoms. The van der Waals surface area contributed by atoms with Gasteiger partial charge >= 0.3 is 0 Å². The van der Waals surface area contributed by atoms with Gasteiger partial charge in [0.05, 0.1) is 5.69 Å². The van der Waals surface area contributed by atoms with E-state index in [4.69, 9.17) is 11.6 Å². The van der Waals surface area contributed by atoms with Crippen LogP contribution in [0, 0.1) is 0 Å². The number of nitrogens with zero attached hydrogens (tertiary/aromatic N) is 2. The number of anilines is 1. The van der Waals surface area contributed by atoms with Crippen molar-refractivity contribution in [2.24, 2.45) is 0 Å². The molecule has 0 amide bonds. The summed E-state index contributed by atoms with van der Waals surface area (Å²) in [5.74, 6) is 0. The van der Waals surface area contributed by atoms with Crippen LogP contribution < -0.4 is 4.72 Å². The maximum Gasteiger partial charge on any atom is 0.281 e. The van der Waals surface area contributed by atoms with E-state index >= 15 is 0 Å². The second-order valence-electron chi connectivity index (χ2n) is 4.61. The summed E-state index contributed by atoms with van der Waals surface area (Å²) >= 11 is 7.33. The molecule has 0 atom stereocenters. The SMILES string of the molecule is O=S(=O)(Nc1cccc2[nH]ccc12)c1c(Cl)nc2sccn12. The van der Waals surface area contributed by atoms with Crippen LogP contribution in [0.1, 0.15) is 0 Å². The van der Waals surface area contributed by atoms with E-state index < -0.39 is 10.0 Å². The molecule has 0 aliphatic carbocycles. The van der Waals surface area contributed by atoms with Crippen molar-refractivity contribution in [2.75, 3.05) is 4.72 Å². The second-order valence-corrected chi connectivity index (χ2v) is 7.44. The first kappa shape index (κ1) is 13.6. The van der Waals surface area contributed by atoms with Gasteiger partial charge in [0.1, 0.15) is 0 Å². The molecule has 4 aromatic rings.